The molecule has 1 aliphatic rings. The topological polar surface area (TPSA) is 247 Å². The fraction of sp³-hybridized carbons (Fsp3) is 0.215. The van der Waals surface area contributed by atoms with E-state index in [1.807, 2.05) is 152 Å². The maximum absolute atomic E-state index is 6.82. The van der Waals surface area contributed by atoms with E-state index in [1.165, 1.54) is 0 Å². The van der Waals surface area contributed by atoms with Crippen molar-refractivity contribution in [3.05, 3.63) is 146 Å². The first kappa shape index (κ1) is 52.7. The van der Waals surface area contributed by atoms with Crippen molar-refractivity contribution in [2.24, 2.45) is 14.1 Å². The molecule has 0 aliphatic carbocycles. The van der Waals surface area contributed by atoms with Crippen LogP contribution in [0.3, 0.4) is 0 Å². The number of hydrogen-bond acceptors (Lipinski definition) is 14. The number of imidazole rings is 3. The minimum Gasteiger partial charge on any atom is -0.384 e. The molecule has 6 aromatic carbocycles. The maximum atomic E-state index is 6.82. The van der Waals surface area contributed by atoms with Gasteiger partial charge in [0.2, 0.25) is 0 Å². The monoisotopic (exact) mass is 1130 g/mol. The van der Waals surface area contributed by atoms with Gasteiger partial charge in [0, 0.05) is 53.4 Å². The van der Waals surface area contributed by atoms with Gasteiger partial charge in [-0.25, -0.2) is 44.9 Å². The quantitative estimate of drug-likeness (QED) is 0.0995. The standard InChI is InChI=1S/C25H27N7O.C21H20N6.C19H16N6/c1-30-20-10-5-4-9-19(20)29-24(30)21-22-25(28-18-8-3-2-7-17(18)27-22)32(23(21)26)12-6-11-31-13-15-33-16-14-31;1-3-12-27-19(22)17(20-25-15-10-6-7-11-16(15)26(20)2)18-21(27)24-14-9-5-4-8-13(14)23-18;1-2-25-17(20)15(18-22-12-8-4-5-9-13(12)23-18)16-19(25)24-14-10-6-3-7-11(14)21-16/h2-5,7-10H,6,11-16,26H2,1H3;4-11H,3,12,22H2,1-2H3;3-10H,2,20H2,1H3,(H,22,23). The summed E-state index contributed by atoms with van der Waals surface area (Å²) in [5.41, 5.74) is 38.3. The molecule has 9 aromatic heterocycles. The number of aromatic nitrogens is 15. The van der Waals surface area contributed by atoms with E-state index >= 15 is 0 Å². The van der Waals surface area contributed by atoms with E-state index in [2.05, 4.69) is 54.1 Å². The molecule has 85 heavy (non-hydrogen) atoms. The molecule has 0 bridgehead atoms. The molecule has 15 aromatic rings. The summed E-state index contributed by atoms with van der Waals surface area (Å²) in [6.45, 7) is 11.1. The van der Waals surface area contributed by atoms with E-state index in [-0.39, 0.29) is 0 Å². The number of benzene rings is 6. The molecule has 424 valence electrons. The van der Waals surface area contributed by atoms with Crippen molar-refractivity contribution in [3.8, 4) is 34.2 Å². The summed E-state index contributed by atoms with van der Waals surface area (Å²) >= 11 is 0. The number of morpholine rings is 1. The van der Waals surface area contributed by atoms with Crippen LogP contribution in [0.5, 0.6) is 0 Å². The zero-order chi connectivity index (χ0) is 57.9. The molecule has 0 radical (unpaired) electrons. The third-order valence-corrected chi connectivity index (χ3v) is 16.1. The van der Waals surface area contributed by atoms with Gasteiger partial charge in [0.1, 0.15) is 51.5 Å². The number of hydrogen-bond donors (Lipinski definition) is 4. The largest absolute Gasteiger partial charge is 0.384 e. The van der Waals surface area contributed by atoms with Crippen LogP contribution < -0.4 is 17.2 Å². The summed E-state index contributed by atoms with van der Waals surface area (Å²) in [5.74, 6) is 4.32. The van der Waals surface area contributed by atoms with Crippen molar-refractivity contribution in [3.63, 3.8) is 0 Å². The van der Waals surface area contributed by atoms with E-state index in [4.69, 9.17) is 66.8 Å². The summed E-state index contributed by atoms with van der Waals surface area (Å²) in [6, 6.07) is 47.9. The molecule has 0 spiro atoms. The highest BCUT2D eigenvalue weighted by Gasteiger charge is 2.27. The van der Waals surface area contributed by atoms with Crippen molar-refractivity contribution in [2.75, 3.05) is 50.0 Å². The Labute approximate surface area is 487 Å². The molecule has 0 amide bonds. The predicted octanol–water partition coefficient (Wildman–Crippen LogP) is 11.3. The van der Waals surface area contributed by atoms with E-state index < -0.39 is 0 Å². The Bertz CT molecular complexity index is 4980. The van der Waals surface area contributed by atoms with Crippen LogP contribution in [-0.2, 0) is 38.5 Å². The van der Waals surface area contributed by atoms with Gasteiger partial charge in [0.05, 0.1) is 96.1 Å². The zero-order valence-electron chi connectivity index (χ0n) is 47.8. The van der Waals surface area contributed by atoms with Gasteiger partial charge < -0.3 is 49.8 Å². The highest BCUT2D eigenvalue weighted by molar-refractivity contribution is 6.04. The Morgan fingerprint density at radius 2 is 0.824 bits per heavy atom. The predicted molar refractivity (Wildman–Crippen MR) is 341 cm³/mol. The van der Waals surface area contributed by atoms with Crippen molar-refractivity contribution in [2.45, 2.75) is 46.3 Å². The zero-order valence-corrected chi connectivity index (χ0v) is 47.8. The molecule has 0 unspecified atom stereocenters. The van der Waals surface area contributed by atoms with Crippen molar-refractivity contribution >= 4 is 117 Å². The maximum Gasteiger partial charge on any atom is 0.161 e. The second-order valence-corrected chi connectivity index (χ2v) is 21.4. The Hall–Kier alpha value is -10.3. The summed E-state index contributed by atoms with van der Waals surface area (Å²) in [6.07, 6.45) is 1.94. The van der Waals surface area contributed by atoms with Gasteiger partial charge in [-0.05, 0) is 92.6 Å². The number of ether oxygens (including phenoxy) is 1. The number of aryl methyl sites for hydroxylation is 5. The molecule has 1 saturated heterocycles. The lowest BCUT2D eigenvalue weighted by molar-refractivity contribution is 0.0370. The van der Waals surface area contributed by atoms with Crippen molar-refractivity contribution < 1.29 is 4.74 Å². The molecule has 16 rings (SSSR count). The number of para-hydroxylation sites is 12. The normalized spacial score (nSPS) is 13.1. The molecule has 10 heterocycles. The Balaban J connectivity index is 0.000000114. The smallest absolute Gasteiger partial charge is 0.161 e. The number of nitrogen functional groups attached to an aromatic ring is 3. The third-order valence-electron chi connectivity index (χ3n) is 16.1. The first-order chi connectivity index (χ1) is 41.6. The number of rotatable bonds is 10. The van der Waals surface area contributed by atoms with Crippen LogP contribution >= 0.6 is 0 Å². The lowest BCUT2D eigenvalue weighted by Gasteiger charge is -2.26. The van der Waals surface area contributed by atoms with Crippen LogP contribution in [0.25, 0.3) is 134 Å². The van der Waals surface area contributed by atoms with E-state index in [0.717, 1.165) is 199 Å². The first-order valence-corrected chi connectivity index (χ1v) is 28.9. The van der Waals surface area contributed by atoms with E-state index in [0.29, 0.717) is 17.5 Å². The number of fused-ring (bicyclic) bond motifs is 9. The number of nitrogens with one attached hydrogen (secondary N) is 1. The van der Waals surface area contributed by atoms with Crippen LogP contribution in [0.1, 0.15) is 26.7 Å². The number of nitrogens with zero attached hydrogens (tertiary/aromatic N) is 15. The molecule has 1 fully saturated rings. The summed E-state index contributed by atoms with van der Waals surface area (Å²) in [7, 11) is 4.04. The average molecular weight is 1130 g/mol. The Kier molecular flexibility index (Phi) is 13.5. The highest BCUT2D eigenvalue weighted by Crippen LogP contribution is 2.40. The second-order valence-electron chi connectivity index (χ2n) is 21.4. The van der Waals surface area contributed by atoms with E-state index in [9.17, 15) is 0 Å². The Morgan fingerprint density at radius 1 is 0.424 bits per heavy atom. The van der Waals surface area contributed by atoms with E-state index in [1.54, 1.807) is 0 Å². The lowest BCUT2D eigenvalue weighted by atomic mass is 10.2. The van der Waals surface area contributed by atoms with Gasteiger partial charge in [-0.3, -0.25) is 4.90 Å². The number of anilines is 3. The fourth-order valence-corrected chi connectivity index (χ4v) is 11.9. The van der Waals surface area contributed by atoms with Crippen LogP contribution in [0.2, 0.25) is 0 Å². The van der Waals surface area contributed by atoms with Crippen LogP contribution in [0, 0.1) is 0 Å². The van der Waals surface area contributed by atoms with Crippen LogP contribution in [0.4, 0.5) is 17.5 Å². The summed E-state index contributed by atoms with van der Waals surface area (Å²) in [5, 5.41) is 0. The second kappa shape index (κ2) is 21.8. The van der Waals surface area contributed by atoms with Gasteiger partial charge in [-0.2, -0.15) is 0 Å². The summed E-state index contributed by atoms with van der Waals surface area (Å²) < 4.78 is 15.8. The minimum absolute atomic E-state index is 0.631. The molecule has 0 saturated carbocycles. The third kappa shape index (κ3) is 9.22. The SMILES string of the molecule is CCCn1c(N)c(-c2nc3ccccc3n2C)c2nc3ccccc3nc21.CCn1c(N)c(-c2nc3ccccc3[nH]2)c2nc3ccccc3nc21.Cn1c(-c2c(N)n(CCCN3CCOCC3)c3nc4ccccc4nc23)nc2ccccc21. The fourth-order valence-electron chi connectivity index (χ4n) is 11.9. The molecule has 20 heteroatoms. The average Bonchev–Trinajstić information content (AvgIpc) is 2.20. The van der Waals surface area contributed by atoms with Crippen LogP contribution in [-0.4, -0.2) is 110 Å². The van der Waals surface area contributed by atoms with Gasteiger partial charge in [0.15, 0.2) is 16.9 Å². The molecular formula is C65H63N19O. The number of nitrogens with two attached hydrogens (primary N) is 3. The molecule has 0 atom stereocenters. The summed E-state index contributed by atoms with van der Waals surface area (Å²) in [4.78, 5) is 49.7. The van der Waals surface area contributed by atoms with Gasteiger partial charge in [-0.1, -0.05) is 79.7 Å². The first-order valence-electron chi connectivity index (χ1n) is 28.9. The van der Waals surface area contributed by atoms with Crippen molar-refractivity contribution in [1.82, 2.24) is 77.6 Å². The molecule has 20 nitrogen and oxygen atoms in total. The number of H-pyrrole nitrogens is 1. The lowest BCUT2D eigenvalue weighted by Crippen LogP contribution is -2.37. The molecule has 7 N–H and O–H groups in total. The Morgan fingerprint density at radius 3 is 1.28 bits per heavy atom. The van der Waals surface area contributed by atoms with Gasteiger partial charge >= 0.3 is 0 Å². The van der Waals surface area contributed by atoms with Gasteiger partial charge in [0.25, 0.3) is 0 Å². The molecular weight excluding hydrogens is 1060 g/mol. The molecule has 1 aliphatic heterocycles. The van der Waals surface area contributed by atoms with Crippen LogP contribution in [0.15, 0.2) is 146 Å². The van der Waals surface area contributed by atoms with Gasteiger partial charge in [-0.15, -0.1) is 0 Å². The highest BCUT2D eigenvalue weighted by atomic mass is 16.5. The minimum atomic E-state index is 0.631. The number of aromatic amines is 1. The van der Waals surface area contributed by atoms with Crippen molar-refractivity contribution in [1.29, 1.82) is 0 Å².